The van der Waals surface area contributed by atoms with Gasteiger partial charge < -0.3 is 38.9 Å². The number of unbranched alkanes of at least 4 members (excludes halogenated alkanes) is 2. The van der Waals surface area contributed by atoms with Crippen molar-refractivity contribution in [3.8, 4) is 17.2 Å². The maximum Gasteiger partial charge on any atom is 0.410 e. The molecule has 2 N–H and O–H groups in total. The summed E-state index contributed by atoms with van der Waals surface area (Å²) in [5, 5.41) is 24.0. The number of carbonyl (C=O) groups is 2. The van der Waals surface area contributed by atoms with Crippen LogP contribution in [0, 0.1) is 17.8 Å². The zero-order valence-corrected chi connectivity index (χ0v) is 30.1. The van der Waals surface area contributed by atoms with Crippen molar-refractivity contribution < 1.29 is 43.6 Å². The second kappa shape index (κ2) is 18.0. The topological polar surface area (TPSA) is 136 Å². The highest BCUT2D eigenvalue weighted by Gasteiger charge is 2.65. The lowest BCUT2D eigenvalue weighted by Gasteiger charge is -2.59. The first-order valence-electron chi connectivity index (χ1n) is 17.7. The molecule has 51 heavy (non-hydrogen) atoms. The van der Waals surface area contributed by atoms with Gasteiger partial charge in [-0.15, -0.1) is 18.2 Å². The molecule has 1 saturated carbocycles. The molecule has 0 aromatic heterocycles. The van der Waals surface area contributed by atoms with Gasteiger partial charge in [0, 0.05) is 43.7 Å². The molecule has 11 nitrogen and oxygen atoms in total. The first kappa shape index (κ1) is 38.3. The predicted molar refractivity (Wildman–Crippen MR) is 194 cm³/mol. The van der Waals surface area contributed by atoms with Crippen LogP contribution in [0.25, 0.3) is 0 Å². The number of fused-ring (bicyclic) bond motifs is 2. The fourth-order valence-electron chi connectivity index (χ4n) is 8.04. The summed E-state index contributed by atoms with van der Waals surface area (Å²) >= 11 is 5.88. The van der Waals surface area contributed by atoms with Crippen LogP contribution in [0.3, 0.4) is 0 Å². The van der Waals surface area contributed by atoms with Gasteiger partial charge in [0.25, 0.3) is 0 Å². The smallest absolute Gasteiger partial charge is 0.410 e. The van der Waals surface area contributed by atoms with Crippen molar-refractivity contribution in [2.75, 3.05) is 46.5 Å². The Balaban J connectivity index is 1.73. The van der Waals surface area contributed by atoms with E-state index in [1.807, 2.05) is 18.2 Å². The Morgan fingerprint density at radius 3 is 2.59 bits per heavy atom. The summed E-state index contributed by atoms with van der Waals surface area (Å²) in [4.78, 5) is 31.9. The number of hydrogen-bond acceptors (Lipinski definition) is 10. The number of benzene rings is 2. The molecule has 1 fully saturated rings. The molecular weight excluding hydrogens is 676 g/mol. The van der Waals surface area contributed by atoms with Gasteiger partial charge in [-0.25, -0.2) is 4.79 Å². The van der Waals surface area contributed by atoms with E-state index in [-0.39, 0.29) is 56.5 Å². The number of aliphatic hydroxyl groups excluding tert-OH is 2. The fourth-order valence-corrected chi connectivity index (χ4v) is 8.12. The van der Waals surface area contributed by atoms with Crippen molar-refractivity contribution in [1.82, 2.24) is 4.90 Å². The molecule has 0 bridgehead atoms. The number of aldehydes is 1. The number of hydrogen-bond donors (Lipinski definition) is 2. The highest BCUT2D eigenvalue weighted by molar-refractivity contribution is 6.18. The second-order valence-corrected chi connectivity index (χ2v) is 13.5. The van der Waals surface area contributed by atoms with Gasteiger partial charge in [0.1, 0.15) is 43.3 Å². The van der Waals surface area contributed by atoms with E-state index < -0.39 is 23.8 Å². The molecule has 1 aliphatic heterocycles. The van der Waals surface area contributed by atoms with Gasteiger partial charge in [0.05, 0.1) is 24.1 Å². The van der Waals surface area contributed by atoms with E-state index in [0.717, 1.165) is 43.1 Å². The lowest BCUT2D eigenvalue weighted by Crippen LogP contribution is -2.69. The number of ether oxygens (including phenoxy) is 4. The molecule has 1 heterocycles. The Kier molecular flexibility index (Phi) is 13.6. The minimum Gasteiger partial charge on any atom is -0.459 e. The standard InChI is InChI=1S/C39H49ClN2O9/c1-4-19-49-39-35(42(2)38(46)48-20-16-40)24-33(41-47-3)31-22-27(11-5-7-17-43)30(13-6-8-18-44)36(37(31)39)32-23-29(14-15-34(32)51-39)50-28-12-9-10-26(21-28)25-45/h4,9-10,12,14-15,21-23,25,27,30,35-37,43-44H,1,5-8,11,13,16-20,24H2,2-3H3/t27-,30+,35-,36+,37+,39+/m0/s1. The second-order valence-electron chi connectivity index (χ2n) is 13.2. The molecule has 6 atom stereocenters. The average Bonchev–Trinajstić information content (AvgIpc) is 3.14. The van der Waals surface area contributed by atoms with Crippen LogP contribution in [0.1, 0.15) is 66.8 Å². The number of rotatable bonds is 18. The van der Waals surface area contributed by atoms with Crippen LogP contribution in [0.2, 0.25) is 0 Å². The summed E-state index contributed by atoms with van der Waals surface area (Å²) in [6, 6.07) is 12.0. The molecule has 5 rings (SSSR count). The number of amides is 1. The molecule has 0 radical (unpaired) electrons. The van der Waals surface area contributed by atoms with Crippen molar-refractivity contribution in [2.24, 2.45) is 22.9 Å². The van der Waals surface area contributed by atoms with Crippen LogP contribution >= 0.6 is 11.6 Å². The quantitative estimate of drug-likeness (QED) is 0.0556. The number of alkyl halides is 1. The van der Waals surface area contributed by atoms with E-state index in [2.05, 4.69) is 17.8 Å². The molecule has 3 aliphatic rings. The van der Waals surface area contributed by atoms with Crippen molar-refractivity contribution in [1.29, 1.82) is 0 Å². The average molecular weight is 725 g/mol. The van der Waals surface area contributed by atoms with Crippen LogP contribution in [-0.2, 0) is 14.3 Å². The molecule has 0 spiro atoms. The van der Waals surface area contributed by atoms with Gasteiger partial charge >= 0.3 is 6.09 Å². The maximum atomic E-state index is 13.5. The Bertz CT molecular complexity index is 1580. The monoisotopic (exact) mass is 724 g/mol. The van der Waals surface area contributed by atoms with Crippen LogP contribution in [-0.4, -0.2) is 91.5 Å². The highest BCUT2D eigenvalue weighted by Crippen LogP contribution is 2.61. The Labute approximate surface area is 304 Å². The predicted octanol–water partition coefficient (Wildman–Crippen LogP) is 6.86. The first-order chi connectivity index (χ1) is 24.8. The van der Waals surface area contributed by atoms with E-state index >= 15 is 0 Å². The van der Waals surface area contributed by atoms with Crippen LogP contribution in [0.15, 0.2) is 71.9 Å². The molecule has 1 amide bonds. The number of nitrogens with zero attached hydrogens (tertiary/aromatic N) is 2. The van der Waals surface area contributed by atoms with E-state index in [9.17, 15) is 19.8 Å². The zero-order valence-electron chi connectivity index (χ0n) is 29.4. The summed E-state index contributed by atoms with van der Waals surface area (Å²) in [6.45, 7) is 4.31. The van der Waals surface area contributed by atoms with Crippen LogP contribution < -0.4 is 9.47 Å². The van der Waals surface area contributed by atoms with Crippen molar-refractivity contribution >= 4 is 29.7 Å². The van der Waals surface area contributed by atoms with Crippen molar-refractivity contribution in [3.05, 3.63) is 77.9 Å². The minimum absolute atomic E-state index is 0.0405. The number of oxime groups is 1. The Hall–Kier alpha value is -3.90. The molecule has 0 saturated heterocycles. The van der Waals surface area contributed by atoms with Gasteiger partial charge in [-0.3, -0.25) is 4.79 Å². The largest absolute Gasteiger partial charge is 0.459 e. The summed E-state index contributed by atoms with van der Waals surface area (Å²) in [7, 11) is 3.17. The van der Waals surface area contributed by atoms with Gasteiger partial charge in [0.2, 0.25) is 5.79 Å². The molecule has 0 unspecified atom stereocenters. The Morgan fingerprint density at radius 2 is 1.88 bits per heavy atom. The molecule has 2 aliphatic carbocycles. The number of allylic oxidation sites excluding steroid dienone is 1. The van der Waals surface area contributed by atoms with E-state index in [4.69, 9.17) is 35.4 Å². The summed E-state index contributed by atoms with van der Waals surface area (Å²) in [6.07, 6.45) is 8.98. The third-order valence-electron chi connectivity index (χ3n) is 10.1. The van der Waals surface area contributed by atoms with Crippen molar-refractivity contribution in [2.45, 2.75) is 62.7 Å². The maximum absolute atomic E-state index is 13.5. The normalized spacial score (nSPS) is 25.5. The summed E-state index contributed by atoms with van der Waals surface area (Å²) in [5.41, 5.74) is 3.02. The SMILES string of the molecule is C=CCO[C@@]12Oc3ccc(Oc4cccc(C=O)c4)cc3[C@H]3[C@H](CCCCO)[C@@H](CCCCO)C=C(C(=NOC)C[C@@H]1N(C)C(=O)OCCCl)[C@H]32. The lowest BCUT2D eigenvalue weighted by atomic mass is 9.55. The number of aliphatic hydroxyl groups is 2. The molecular formula is C39H49ClN2O9. The van der Waals surface area contributed by atoms with E-state index in [1.54, 1.807) is 37.4 Å². The van der Waals surface area contributed by atoms with Gasteiger partial charge in [0.15, 0.2) is 0 Å². The number of likely N-dealkylation sites (N-methyl/N-ethyl adjacent to an activating group) is 1. The number of carbonyl (C=O) groups excluding carboxylic acids is 2. The van der Waals surface area contributed by atoms with Crippen LogP contribution in [0.5, 0.6) is 17.2 Å². The summed E-state index contributed by atoms with van der Waals surface area (Å²) in [5.74, 6) is -0.0617. The Morgan fingerprint density at radius 1 is 1.12 bits per heavy atom. The lowest BCUT2D eigenvalue weighted by molar-refractivity contribution is -0.253. The third kappa shape index (κ3) is 8.27. The molecule has 276 valence electrons. The molecule has 2 aromatic rings. The summed E-state index contributed by atoms with van der Waals surface area (Å²) < 4.78 is 25.7. The van der Waals surface area contributed by atoms with Crippen LogP contribution in [0.4, 0.5) is 4.79 Å². The first-order valence-corrected chi connectivity index (χ1v) is 18.2. The molecule has 12 heteroatoms. The van der Waals surface area contributed by atoms with Crippen molar-refractivity contribution in [3.63, 3.8) is 0 Å². The third-order valence-corrected chi connectivity index (χ3v) is 10.3. The van der Waals surface area contributed by atoms with E-state index in [0.29, 0.717) is 41.4 Å². The number of halogens is 1. The fraction of sp³-hybridized carbons (Fsp3) is 0.513. The van der Waals surface area contributed by atoms with Gasteiger partial charge in [-0.1, -0.05) is 42.3 Å². The van der Waals surface area contributed by atoms with Gasteiger partial charge in [-0.05, 0) is 73.4 Å². The minimum atomic E-state index is -1.38. The highest BCUT2D eigenvalue weighted by atomic mass is 35.5. The van der Waals surface area contributed by atoms with E-state index in [1.165, 1.54) is 12.0 Å². The molecule has 2 aromatic carbocycles. The zero-order chi connectivity index (χ0) is 36.4. The van der Waals surface area contributed by atoms with Gasteiger partial charge in [-0.2, -0.15) is 0 Å².